The van der Waals surface area contributed by atoms with Crippen molar-refractivity contribution in [1.82, 2.24) is 19.2 Å². The van der Waals surface area contributed by atoms with Gasteiger partial charge in [-0.15, -0.1) is 0 Å². The molecule has 16 heavy (non-hydrogen) atoms. The molecule has 0 saturated carbocycles. The van der Waals surface area contributed by atoms with E-state index in [2.05, 4.69) is 66.6 Å². The van der Waals surface area contributed by atoms with Crippen molar-refractivity contribution in [3.63, 3.8) is 0 Å². The molecule has 0 radical (unpaired) electrons. The van der Waals surface area contributed by atoms with E-state index in [1.165, 1.54) is 0 Å². The molecule has 0 aliphatic heterocycles. The lowest BCUT2D eigenvalue weighted by molar-refractivity contribution is 0.482. The van der Waals surface area contributed by atoms with Gasteiger partial charge in [0.25, 0.3) is 0 Å². The third-order valence-corrected chi connectivity index (χ3v) is 10.1. The van der Waals surface area contributed by atoms with Crippen LogP contribution in [0.15, 0.2) is 0 Å². The molecular formula is C10H30N4Si2. The highest BCUT2D eigenvalue weighted by molar-refractivity contribution is 6.88. The number of hydrogen-bond donors (Lipinski definition) is 3. The minimum atomic E-state index is -1.89. The zero-order valence-corrected chi connectivity index (χ0v) is 14.1. The molecule has 0 rings (SSSR count). The van der Waals surface area contributed by atoms with Crippen LogP contribution >= 0.6 is 0 Å². The smallest absolute Gasteiger partial charge is 0.322 e. The Hall–Kier alpha value is 0.274. The Labute approximate surface area is 104 Å². The first-order valence-electron chi connectivity index (χ1n) is 6.32. The summed E-state index contributed by atoms with van der Waals surface area (Å²) < 4.78 is 6.33. The van der Waals surface area contributed by atoms with E-state index in [1.54, 1.807) is 0 Å². The maximum Gasteiger partial charge on any atom is 0.361 e. The maximum absolute atomic E-state index is 3.90. The summed E-state index contributed by atoms with van der Waals surface area (Å²) in [5, 5.41) is 0. The highest BCUT2D eigenvalue weighted by Crippen LogP contribution is 2.04. The van der Waals surface area contributed by atoms with Crippen molar-refractivity contribution in [3.05, 3.63) is 0 Å². The van der Waals surface area contributed by atoms with E-state index in [4.69, 9.17) is 0 Å². The summed E-state index contributed by atoms with van der Waals surface area (Å²) in [6.45, 7) is 16.7. The Morgan fingerprint density at radius 1 is 0.938 bits per heavy atom. The van der Waals surface area contributed by atoms with E-state index in [1.807, 2.05) is 0 Å². The first-order valence-corrected chi connectivity index (χ1v) is 11.8. The summed E-state index contributed by atoms with van der Waals surface area (Å²) in [6.07, 6.45) is 0. The fourth-order valence-corrected chi connectivity index (χ4v) is 9.78. The molecule has 4 nitrogen and oxygen atoms in total. The number of hydrogen-bond acceptors (Lipinski definition) is 4. The molecular weight excluding hydrogens is 232 g/mol. The van der Waals surface area contributed by atoms with Crippen LogP contribution in [-0.4, -0.2) is 48.2 Å². The van der Waals surface area contributed by atoms with Gasteiger partial charge in [-0.3, -0.25) is 4.57 Å². The van der Waals surface area contributed by atoms with Crippen molar-refractivity contribution >= 4 is 17.0 Å². The summed E-state index contributed by atoms with van der Waals surface area (Å²) in [5.74, 6) is 0. The largest absolute Gasteiger partial charge is 0.361 e. The Bertz CT molecular complexity index is 188. The summed E-state index contributed by atoms with van der Waals surface area (Å²) in [4.78, 5) is 7.36. The fourth-order valence-electron chi connectivity index (χ4n) is 1.81. The van der Waals surface area contributed by atoms with Crippen LogP contribution in [-0.2, 0) is 0 Å². The first kappa shape index (κ1) is 16.3. The van der Waals surface area contributed by atoms with Crippen LogP contribution in [0.5, 0.6) is 0 Å². The normalized spacial score (nSPS) is 13.5. The van der Waals surface area contributed by atoms with E-state index in [0.29, 0.717) is 0 Å². The monoisotopic (exact) mass is 262 g/mol. The predicted molar refractivity (Wildman–Crippen MR) is 77.9 cm³/mol. The second-order valence-electron chi connectivity index (χ2n) is 5.16. The van der Waals surface area contributed by atoms with Gasteiger partial charge in [-0.05, 0) is 26.7 Å². The molecule has 0 bridgehead atoms. The van der Waals surface area contributed by atoms with Crippen molar-refractivity contribution < 1.29 is 0 Å². The van der Waals surface area contributed by atoms with Gasteiger partial charge in [0, 0.05) is 0 Å². The molecule has 0 aromatic heterocycles. The molecule has 0 amide bonds. The highest BCUT2D eigenvalue weighted by Gasteiger charge is 2.40. The van der Waals surface area contributed by atoms with Crippen LogP contribution < -0.4 is 14.6 Å². The summed E-state index contributed by atoms with van der Waals surface area (Å²) in [7, 11) is -0.991. The van der Waals surface area contributed by atoms with Crippen LogP contribution in [0, 0.1) is 0 Å². The van der Waals surface area contributed by atoms with Crippen LogP contribution in [0.4, 0.5) is 0 Å². The van der Waals surface area contributed by atoms with Gasteiger partial charge >= 0.3 is 8.72 Å². The molecule has 0 atom stereocenters. The van der Waals surface area contributed by atoms with Crippen molar-refractivity contribution in [2.75, 3.05) is 26.7 Å². The van der Waals surface area contributed by atoms with E-state index < -0.39 is 17.0 Å². The topological polar surface area (TPSA) is 39.3 Å². The van der Waals surface area contributed by atoms with Crippen molar-refractivity contribution in [2.45, 2.75) is 40.4 Å². The lowest BCUT2D eigenvalue weighted by Crippen LogP contribution is -2.84. The molecule has 0 saturated heterocycles. The average molecular weight is 263 g/mol. The van der Waals surface area contributed by atoms with Gasteiger partial charge in [-0.25, -0.2) is 0 Å². The van der Waals surface area contributed by atoms with Crippen LogP contribution in [0.25, 0.3) is 0 Å². The first-order chi connectivity index (χ1) is 7.31. The second-order valence-corrected chi connectivity index (χ2v) is 13.6. The molecule has 6 heteroatoms. The molecule has 0 aromatic carbocycles. The van der Waals surface area contributed by atoms with E-state index in [-0.39, 0.29) is 0 Å². The minimum absolute atomic E-state index is 1.00. The fraction of sp³-hybridized carbons (Fsp3) is 1.00. The Morgan fingerprint density at radius 2 is 1.38 bits per heavy atom. The molecule has 98 valence electrons. The summed E-state index contributed by atoms with van der Waals surface area (Å²) in [5.41, 5.74) is 0. The lowest BCUT2D eigenvalue weighted by atomic mass is 10.8. The lowest BCUT2D eigenvalue weighted by Gasteiger charge is -2.43. The molecule has 0 aromatic rings. The maximum atomic E-state index is 3.90. The van der Waals surface area contributed by atoms with Crippen molar-refractivity contribution in [3.8, 4) is 0 Å². The van der Waals surface area contributed by atoms with Gasteiger partial charge in [0.05, 0.1) is 0 Å². The van der Waals surface area contributed by atoms with Crippen LogP contribution in [0.1, 0.15) is 20.8 Å². The van der Waals surface area contributed by atoms with Gasteiger partial charge < -0.3 is 14.6 Å². The molecule has 3 N–H and O–H groups in total. The Kier molecular flexibility index (Phi) is 6.99. The quantitative estimate of drug-likeness (QED) is 0.571. The Balaban J connectivity index is 4.92. The van der Waals surface area contributed by atoms with Gasteiger partial charge in [0.15, 0.2) is 0 Å². The summed E-state index contributed by atoms with van der Waals surface area (Å²) in [6, 6.07) is 0. The van der Waals surface area contributed by atoms with Gasteiger partial charge in [0.2, 0.25) is 0 Å². The average Bonchev–Trinajstić information content (AvgIpc) is 2.14. The van der Waals surface area contributed by atoms with Gasteiger partial charge in [0.1, 0.15) is 8.24 Å². The Morgan fingerprint density at radius 3 is 1.62 bits per heavy atom. The zero-order valence-electron chi connectivity index (χ0n) is 12.1. The third kappa shape index (κ3) is 5.07. The van der Waals surface area contributed by atoms with Crippen LogP contribution in [0.2, 0.25) is 19.6 Å². The molecule has 0 heterocycles. The van der Waals surface area contributed by atoms with Crippen molar-refractivity contribution in [2.24, 2.45) is 0 Å². The van der Waals surface area contributed by atoms with Gasteiger partial charge in [-0.2, -0.15) is 0 Å². The third-order valence-electron chi connectivity index (χ3n) is 2.47. The predicted octanol–water partition coefficient (Wildman–Crippen LogP) is 1.02. The number of rotatable bonds is 8. The molecule has 0 aliphatic rings. The summed E-state index contributed by atoms with van der Waals surface area (Å²) >= 11 is 0. The standard InChI is InChI=1S/C10H30N4Si2/c1-8-11-16(12-9-2,14(4)10-3)13-15(5,6)7/h11-13H,8-10H2,1-7H3. The molecule has 0 aliphatic carbocycles. The molecule has 0 unspecified atom stereocenters. The number of nitrogens with one attached hydrogen (secondary N) is 3. The van der Waals surface area contributed by atoms with E-state index in [0.717, 1.165) is 19.6 Å². The molecule has 0 fully saturated rings. The van der Waals surface area contributed by atoms with E-state index in [9.17, 15) is 0 Å². The number of nitrogens with zero attached hydrogens (tertiary/aromatic N) is 1. The second kappa shape index (κ2) is 6.88. The minimum Gasteiger partial charge on any atom is -0.322 e. The molecule has 0 spiro atoms. The highest BCUT2D eigenvalue weighted by atomic mass is 28.4. The van der Waals surface area contributed by atoms with Gasteiger partial charge in [-0.1, -0.05) is 40.4 Å². The SMILES string of the molecule is CCN[Si](NCC)(N[Si](C)(C)C)N(C)CC. The van der Waals surface area contributed by atoms with E-state index >= 15 is 0 Å². The zero-order chi connectivity index (χ0) is 12.8. The van der Waals surface area contributed by atoms with Crippen molar-refractivity contribution in [1.29, 1.82) is 0 Å². The van der Waals surface area contributed by atoms with Crippen LogP contribution in [0.3, 0.4) is 0 Å².